The van der Waals surface area contributed by atoms with Crippen molar-refractivity contribution < 1.29 is 22.7 Å². The standard InChI is InChI=1S/C22H24F3N7O2/c1-4-34-21-20(33)30-19-13(2)29-18(8-17(19)31(21)3)27-9-14-10-28-32(11-14)12-16-7-15(5-6-26-16)22(23,24)25/h5-8,10-11,21H,4,9,12H2,1-3H3,(H,27,29)(H,30,33). The Hall–Kier alpha value is -3.67. The van der Waals surface area contributed by atoms with Crippen LogP contribution in [-0.2, 0) is 28.8 Å². The Morgan fingerprint density at radius 1 is 1.29 bits per heavy atom. The number of carbonyl (C=O) groups excluding carboxylic acids is 1. The molecule has 2 N–H and O–H groups in total. The van der Waals surface area contributed by atoms with E-state index in [1.807, 2.05) is 13.0 Å². The molecule has 180 valence electrons. The number of hydrogen-bond acceptors (Lipinski definition) is 7. The molecule has 1 atom stereocenters. The summed E-state index contributed by atoms with van der Waals surface area (Å²) in [7, 11) is 1.78. The zero-order valence-corrected chi connectivity index (χ0v) is 18.8. The van der Waals surface area contributed by atoms with Gasteiger partial charge in [0.1, 0.15) is 5.82 Å². The van der Waals surface area contributed by atoms with Crippen LogP contribution in [0, 0.1) is 6.92 Å². The number of ether oxygens (including phenoxy) is 1. The lowest BCUT2D eigenvalue weighted by molar-refractivity contribution is -0.137. The summed E-state index contributed by atoms with van der Waals surface area (Å²) < 4.78 is 45.8. The van der Waals surface area contributed by atoms with Crippen LogP contribution >= 0.6 is 0 Å². The number of amides is 1. The normalized spacial score (nSPS) is 15.8. The highest BCUT2D eigenvalue weighted by molar-refractivity contribution is 6.03. The molecule has 1 aliphatic heterocycles. The van der Waals surface area contributed by atoms with Crippen LogP contribution in [0.15, 0.2) is 36.8 Å². The first-order chi connectivity index (χ1) is 16.2. The molecule has 0 spiro atoms. The number of rotatable bonds is 7. The first-order valence-corrected chi connectivity index (χ1v) is 10.6. The highest BCUT2D eigenvalue weighted by atomic mass is 19.4. The van der Waals surface area contributed by atoms with Gasteiger partial charge in [-0.15, -0.1) is 0 Å². The lowest BCUT2D eigenvalue weighted by Crippen LogP contribution is -2.48. The Kier molecular flexibility index (Phi) is 6.42. The number of likely N-dealkylation sites (N-methyl/N-ethyl adjacent to an activating group) is 1. The van der Waals surface area contributed by atoms with Crippen molar-refractivity contribution in [1.82, 2.24) is 19.7 Å². The predicted octanol–water partition coefficient (Wildman–Crippen LogP) is 3.41. The first-order valence-electron chi connectivity index (χ1n) is 10.6. The van der Waals surface area contributed by atoms with Crippen molar-refractivity contribution in [3.05, 3.63) is 59.3 Å². The van der Waals surface area contributed by atoms with Gasteiger partial charge < -0.3 is 20.3 Å². The van der Waals surface area contributed by atoms with Crippen molar-refractivity contribution in [3.8, 4) is 0 Å². The fraction of sp³-hybridized carbons (Fsp3) is 0.364. The average molecular weight is 475 g/mol. The molecule has 3 aromatic heterocycles. The van der Waals surface area contributed by atoms with Crippen LogP contribution in [0.5, 0.6) is 0 Å². The summed E-state index contributed by atoms with van der Waals surface area (Å²) >= 11 is 0. The van der Waals surface area contributed by atoms with E-state index in [9.17, 15) is 18.0 Å². The van der Waals surface area contributed by atoms with Crippen molar-refractivity contribution >= 4 is 23.1 Å². The number of anilines is 3. The molecule has 4 rings (SSSR count). The van der Waals surface area contributed by atoms with Crippen molar-refractivity contribution in [2.45, 2.75) is 39.3 Å². The second-order valence-corrected chi connectivity index (χ2v) is 7.83. The molecule has 1 amide bonds. The van der Waals surface area contributed by atoms with Gasteiger partial charge in [-0.25, -0.2) is 4.98 Å². The third kappa shape index (κ3) is 4.96. The van der Waals surface area contributed by atoms with Gasteiger partial charge >= 0.3 is 6.18 Å². The molecule has 4 heterocycles. The van der Waals surface area contributed by atoms with E-state index in [1.165, 1.54) is 4.68 Å². The molecule has 0 fully saturated rings. The SMILES string of the molecule is CCOC1C(=O)Nc2c(cc(NCc3cnn(Cc4cc(C(F)(F)F)ccn4)c3)nc2C)N1C. The van der Waals surface area contributed by atoms with Gasteiger partial charge in [0.25, 0.3) is 5.91 Å². The highest BCUT2D eigenvalue weighted by Crippen LogP contribution is 2.35. The molecule has 9 nitrogen and oxygen atoms in total. The molecule has 1 unspecified atom stereocenters. The van der Waals surface area contributed by atoms with Gasteiger partial charge in [0.15, 0.2) is 0 Å². The van der Waals surface area contributed by atoms with Gasteiger partial charge in [-0.2, -0.15) is 18.3 Å². The Morgan fingerprint density at radius 2 is 2.09 bits per heavy atom. The summed E-state index contributed by atoms with van der Waals surface area (Å²) in [6.45, 7) is 4.53. The fourth-order valence-corrected chi connectivity index (χ4v) is 3.70. The molecule has 0 bridgehead atoms. The van der Waals surface area contributed by atoms with Crippen LogP contribution in [0.3, 0.4) is 0 Å². The largest absolute Gasteiger partial charge is 0.416 e. The van der Waals surface area contributed by atoms with Gasteiger partial charge in [-0.05, 0) is 26.0 Å². The van der Waals surface area contributed by atoms with E-state index < -0.39 is 18.0 Å². The quantitative estimate of drug-likeness (QED) is 0.541. The van der Waals surface area contributed by atoms with E-state index in [0.29, 0.717) is 30.4 Å². The number of carbonyl (C=O) groups is 1. The van der Waals surface area contributed by atoms with Crippen molar-refractivity contribution in [1.29, 1.82) is 0 Å². The number of nitrogens with one attached hydrogen (secondary N) is 2. The molecule has 34 heavy (non-hydrogen) atoms. The maximum atomic E-state index is 12.9. The van der Waals surface area contributed by atoms with E-state index in [4.69, 9.17) is 4.74 Å². The Labute approximate surface area is 194 Å². The summed E-state index contributed by atoms with van der Waals surface area (Å²) in [5, 5.41) is 10.3. The molecule has 0 aromatic carbocycles. The molecule has 1 aliphatic rings. The summed E-state index contributed by atoms with van der Waals surface area (Å²) in [5.74, 6) is 0.354. The van der Waals surface area contributed by atoms with Gasteiger partial charge in [-0.3, -0.25) is 14.5 Å². The number of pyridine rings is 2. The highest BCUT2D eigenvalue weighted by Gasteiger charge is 2.33. The molecular formula is C22H24F3N7O2. The van der Waals surface area contributed by atoms with Crippen LogP contribution < -0.4 is 15.5 Å². The number of nitrogens with zero attached hydrogens (tertiary/aromatic N) is 5. The molecular weight excluding hydrogens is 451 g/mol. The lowest BCUT2D eigenvalue weighted by Gasteiger charge is -2.35. The molecule has 0 radical (unpaired) electrons. The number of hydrogen-bond donors (Lipinski definition) is 2. The van der Waals surface area contributed by atoms with Crippen molar-refractivity contribution in [3.63, 3.8) is 0 Å². The number of alkyl halides is 3. The van der Waals surface area contributed by atoms with E-state index in [-0.39, 0.29) is 18.1 Å². The molecule has 3 aromatic rings. The minimum absolute atomic E-state index is 0.115. The second kappa shape index (κ2) is 9.29. The summed E-state index contributed by atoms with van der Waals surface area (Å²) in [4.78, 5) is 22.6. The minimum Gasteiger partial charge on any atom is -0.366 e. The van der Waals surface area contributed by atoms with Gasteiger partial charge in [0, 0.05) is 44.2 Å². The van der Waals surface area contributed by atoms with E-state index in [2.05, 4.69) is 25.7 Å². The zero-order valence-electron chi connectivity index (χ0n) is 18.8. The Balaban J connectivity index is 1.44. The first kappa shape index (κ1) is 23.5. The predicted molar refractivity (Wildman–Crippen MR) is 119 cm³/mol. The fourth-order valence-electron chi connectivity index (χ4n) is 3.70. The smallest absolute Gasteiger partial charge is 0.366 e. The van der Waals surface area contributed by atoms with Crippen LogP contribution in [0.2, 0.25) is 0 Å². The van der Waals surface area contributed by atoms with E-state index in [0.717, 1.165) is 29.6 Å². The summed E-state index contributed by atoms with van der Waals surface area (Å²) in [6, 6.07) is 3.78. The third-order valence-corrected chi connectivity index (χ3v) is 5.34. The Bertz CT molecular complexity index is 1200. The number of fused-ring (bicyclic) bond motifs is 1. The van der Waals surface area contributed by atoms with Crippen molar-refractivity contribution in [2.75, 3.05) is 29.2 Å². The lowest BCUT2D eigenvalue weighted by atomic mass is 10.1. The van der Waals surface area contributed by atoms with Crippen LogP contribution in [0.1, 0.15) is 29.4 Å². The molecule has 12 heteroatoms. The number of aryl methyl sites for hydroxylation is 1. The topological polar surface area (TPSA) is 97.2 Å². The average Bonchev–Trinajstić information content (AvgIpc) is 3.23. The minimum atomic E-state index is -4.42. The Morgan fingerprint density at radius 3 is 2.82 bits per heavy atom. The van der Waals surface area contributed by atoms with Gasteiger partial charge in [-0.1, -0.05) is 0 Å². The van der Waals surface area contributed by atoms with Crippen LogP contribution in [0.4, 0.5) is 30.4 Å². The van der Waals surface area contributed by atoms with Crippen LogP contribution in [0.25, 0.3) is 0 Å². The maximum absolute atomic E-state index is 12.9. The zero-order chi connectivity index (χ0) is 24.5. The van der Waals surface area contributed by atoms with E-state index in [1.54, 1.807) is 31.3 Å². The summed E-state index contributed by atoms with van der Waals surface area (Å²) in [6.07, 6.45) is -0.642. The molecule has 0 aliphatic carbocycles. The molecule has 0 saturated carbocycles. The monoisotopic (exact) mass is 475 g/mol. The number of aromatic nitrogens is 4. The molecule has 0 saturated heterocycles. The summed E-state index contributed by atoms with van der Waals surface area (Å²) in [5.41, 5.74) is 2.40. The van der Waals surface area contributed by atoms with Crippen LogP contribution in [-0.4, -0.2) is 45.5 Å². The maximum Gasteiger partial charge on any atom is 0.416 e. The van der Waals surface area contributed by atoms with Crippen molar-refractivity contribution in [2.24, 2.45) is 0 Å². The van der Waals surface area contributed by atoms with Gasteiger partial charge in [0.05, 0.1) is 41.1 Å². The third-order valence-electron chi connectivity index (χ3n) is 5.34. The number of halogens is 3. The van der Waals surface area contributed by atoms with Gasteiger partial charge in [0.2, 0.25) is 6.23 Å². The second-order valence-electron chi connectivity index (χ2n) is 7.83. The van der Waals surface area contributed by atoms with E-state index >= 15 is 0 Å².